The predicted octanol–water partition coefficient (Wildman–Crippen LogP) is 1.81. The number of nitriles is 1. The van der Waals surface area contributed by atoms with Gasteiger partial charge in [0.1, 0.15) is 11.8 Å². The molecule has 0 amide bonds. The fourth-order valence-electron chi connectivity index (χ4n) is 1.08. The SMILES string of the molecule is COc1cc(C#N)nc(C(F)F)c1[N+](=O)[O-]. The average molecular weight is 229 g/mol. The van der Waals surface area contributed by atoms with Gasteiger partial charge in [-0.3, -0.25) is 10.1 Å². The van der Waals surface area contributed by atoms with Gasteiger partial charge >= 0.3 is 5.69 Å². The largest absolute Gasteiger partial charge is 0.490 e. The highest BCUT2D eigenvalue weighted by atomic mass is 19.3. The van der Waals surface area contributed by atoms with Crippen LogP contribution in [0.5, 0.6) is 5.75 Å². The summed E-state index contributed by atoms with van der Waals surface area (Å²) in [4.78, 5) is 12.7. The van der Waals surface area contributed by atoms with Gasteiger partial charge in [0, 0.05) is 6.07 Å². The highest BCUT2D eigenvalue weighted by molar-refractivity contribution is 5.53. The lowest BCUT2D eigenvalue weighted by Gasteiger charge is -2.05. The van der Waals surface area contributed by atoms with Gasteiger partial charge in [-0.05, 0) is 0 Å². The van der Waals surface area contributed by atoms with Crippen LogP contribution in [0.25, 0.3) is 0 Å². The molecule has 0 aliphatic carbocycles. The number of pyridine rings is 1. The summed E-state index contributed by atoms with van der Waals surface area (Å²) in [6, 6.07) is 2.45. The molecule has 84 valence electrons. The molecule has 1 rings (SSSR count). The maximum atomic E-state index is 12.5. The molecule has 0 fully saturated rings. The van der Waals surface area contributed by atoms with Crippen molar-refractivity contribution in [2.75, 3.05) is 7.11 Å². The van der Waals surface area contributed by atoms with Crippen LogP contribution in [0.3, 0.4) is 0 Å². The van der Waals surface area contributed by atoms with E-state index in [1.807, 2.05) is 0 Å². The quantitative estimate of drug-likeness (QED) is 0.582. The van der Waals surface area contributed by atoms with Crippen LogP contribution in [0.2, 0.25) is 0 Å². The van der Waals surface area contributed by atoms with E-state index in [0.29, 0.717) is 0 Å². The standard InChI is InChI=1S/C8H5F2N3O3/c1-16-5-2-4(3-11)12-6(8(9)10)7(5)13(14)15/h2,8H,1H3. The van der Waals surface area contributed by atoms with Gasteiger partial charge in [0.05, 0.1) is 12.0 Å². The second kappa shape index (κ2) is 4.48. The predicted molar refractivity (Wildman–Crippen MR) is 47.1 cm³/mol. The van der Waals surface area contributed by atoms with E-state index in [4.69, 9.17) is 5.26 Å². The minimum absolute atomic E-state index is 0.363. The molecule has 0 atom stereocenters. The minimum atomic E-state index is -3.15. The van der Waals surface area contributed by atoms with Crippen LogP contribution < -0.4 is 4.74 Å². The number of halogens is 2. The molecular weight excluding hydrogens is 224 g/mol. The van der Waals surface area contributed by atoms with Crippen molar-refractivity contribution in [3.8, 4) is 11.8 Å². The first-order chi connectivity index (χ1) is 7.51. The van der Waals surface area contributed by atoms with E-state index < -0.39 is 28.5 Å². The molecule has 0 aromatic carbocycles. The van der Waals surface area contributed by atoms with Gasteiger partial charge in [0.2, 0.25) is 5.75 Å². The van der Waals surface area contributed by atoms with Gasteiger partial charge in [-0.25, -0.2) is 13.8 Å². The number of aromatic nitrogens is 1. The van der Waals surface area contributed by atoms with Gasteiger partial charge in [0.15, 0.2) is 5.69 Å². The summed E-state index contributed by atoms with van der Waals surface area (Å²) in [5.41, 5.74) is -2.35. The van der Waals surface area contributed by atoms with Crippen molar-refractivity contribution in [2.45, 2.75) is 6.43 Å². The summed E-state index contributed by atoms with van der Waals surface area (Å²) in [5.74, 6) is -0.410. The molecule has 0 radical (unpaired) electrons. The minimum Gasteiger partial charge on any atom is -0.490 e. The van der Waals surface area contributed by atoms with E-state index in [9.17, 15) is 18.9 Å². The number of alkyl halides is 2. The molecule has 0 spiro atoms. The van der Waals surface area contributed by atoms with Crippen molar-refractivity contribution in [1.29, 1.82) is 5.26 Å². The van der Waals surface area contributed by atoms with Crippen LogP contribution >= 0.6 is 0 Å². The van der Waals surface area contributed by atoms with E-state index in [-0.39, 0.29) is 5.69 Å². The number of methoxy groups -OCH3 is 1. The molecular formula is C8H5F2N3O3. The molecule has 0 aliphatic rings. The Kier molecular flexibility index (Phi) is 3.30. The first kappa shape index (κ1) is 11.8. The Morgan fingerprint density at radius 3 is 2.69 bits per heavy atom. The lowest BCUT2D eigenvalue weighted by Crippen LogP contribution is -2.03. The van der Waals surface area contributed by atoms with Crippen LogP contribution in [0.1, 0.15) is 17.8 Å². The lowest BCUT2D eigenvalue weighted by atomic mass is 10.2. The molecule has 0 unspecified atom stereocenters. The number of nitrogens with zero attached hydrogens (tertiary/aromatic N) is 3. The molecule has 0 bridgehead atoms. The first-order valence-electron chi connectivity index (χ1n) is 3.92. The van der Waals surface area contributed by atoms with Gasteiger partial charge < -0.3 is 4.74 Å². The van der Waals surface area contributed by atoms with Crippen LogP contribution in [0.4, 0.5) is 14.5 Å². The van der Waals surface area contributed by atoms with Crippen molar-refractivity contribution in [1.82, 2.24) is 4.98 Å². The maximum absolute atomic E-state index is 12.5. The van der Waals surface area contributed by atoms with Crippen molar-refractivity contribution >= 4 is 5.69 Å². The Labute approximate surface area is 88.2 Å². The molecule has 0 saturated heterocycles. The Balaban J connectivity index is 3.55. The van der Waals surface area contributed by atoms with Crippen LogP contribution in [-0.2, 0) is 0 Å². The fraction of sp³-hybridized carbons (Fsp3) is 0.250. The highest BCUT2D eigenvalue weighted by Crippen LogP contribution is 2.35. The Morgan fingerprint density at radius 2 is 2.31 bits per heavy atom. The van der Waals surface area contributed by atoms with Crippen molar-refractivity contribution in [2.24, 2.45) is 0 Å². The van der Waals surface area contributed by atoms with E-state index >= 15 is 0 Å². The Morgan fingerprint density at radius 1 is 1.69 bits per heavy atom. The van der Waals surface area contributed by atoms with E-state index in [0.717, 1.165) is 13.2 Å². The zero-order chi connectivity index (χ0) is 12.3. The monoisotopic (exact) mass is 229 g/mol. The lowest BCUT2D eigenvalue weighted by molar-refractivity contribution is -0.387. The van der Waals surface area contributed by atoms with Crippen molar-refractivity contribution in [3.63, 3.8) is 0 Å². The molecule has 6 nitrogen and oxygen atoms in total. The third-order valence-electron chi connectivity index (χ3n) is 1.71. The molecule has 0 N–H and O–H groups in total. The molecule has 0 saturated carbocycles. The third kappa shape index (κ3) is 2.03. The molecule has 1 heterocycles. The number of nitro groups is 1. The number of hydrogen-bond donors (Lipinski definition) is 0. The van der Waals surface area contributed by atoms with E-state index in [1.165, 1.54) is 6.07 Å². The topological polar surface area (TPSA) is 89.0 Å². The third-order valence-corrected chi connectivity index (χ3v) is 1.71. The smallest absolute Gasteiger partial charge is 0.338 e. The fourth-order valence-corrected chi connectivity index (χ4v) is 1.08. The maximum Gasteiger partial charge on any atom is 0.338 e. The first-order valence-corrected chi connectivity index (χ1v) is 3.92. The molecule has 16 heavy (non-hydrogen) atoms. The van der Waals surface area contributed by atoms with Crippen molar-refractivity contribution in [3.05, 3.63) is 27.6 Å². The Bertz CT molecular complexity index is 470. The number of hydrogen-bond acceptors (Lipinski definition) is 5. The number of ether oxygens (including phenoxy) is 1. The van der Waals surface area contributed by atoms with Gasteiger partial charge in [0.25, 0.3) is 6.43 Å². The van der Waals surface area contributed by atoms with Gasteiger partial charge in [-0.1, -0.05) is 0 Å². The summed E-state index contributed by atoms with van der Waals surface area (Å²) in [7, 11) is 1.08. The molecule has 0 aliphatic heterocycles. The summed E-state index contributed by atoms with van der Waals surface area (Å²) in [6.45, 7) is 0. The summed E-state index contributed by atoms with van der Waals surface area (Å²) in [5, 5.41) is 19.1. The molecule has 1 aromatic rings. The summed E-state index contributed by atoms with van der Waals surface area (Å²) in [6.07, 6.45) is -3.15. The van der Waals surface area contributed by atoms with Gasteiger partial charge in [-0.2, -0.15) is 5.26 Å². The highest BCUT2D eigenvalue weighted by Gasteiger charge is 2.29. The summed E-state index contributed by atoms with van der Waals surface area (Å²) >= 11 is 0. The normalized spacial score (nSPS) is 9.94. The number of rotatable bonds is 3. The summed E-state index contributed by atoms with van der Waals surface area (Å²) < 4.78 is 29.6. The molecule has 8 heteroatoms. The van der Waals surface area contributed by atoms with Crippen LogP contribution in [0.15, 0.2) is 6.07 Å². The van der Waals surface area contributed by atoms with Crippen LogP contribution in [-0.4, -0.2) is 17.0 Å². The zero-order valence-corrected chi connectivity index (χ0v) is 7.98. The Hall–Kier alpha value is -2.30. The van der Waals surface area contributed by atoms with Gasteiger partial charge in [-0.15, -0.1) is 0 Å². The second-order valence-corrected chi connectivity index (χ2v) is 2.61. The second-order valence-electron chi connectivity index (χ2n) is 2.61. The van der Waals surface area contributed by atoms with E-state index in [2.05, 4.69) is 9.72 Å². The average Bonchev–Trinajstić information content (AvgIpc) is 2.26. The molecule has 1 aromatic heterocycles. The van der Waals surface area contributed by atoms with Crippen LogP contribution in [0, 0.1) is 21.4 Å². The zero-order valence-electron chi connectivity index (χ0n) is 7.98. The van der Waals surface area contributed by atoms with E-state index in [1.54, 1.807) is 0 Å². The van der Waals surface area contributed by atoms with Crippen molar-refractivity contribution < 1.29 is 18.4 Å².